The third kappa shape index (κ3) is 5.06. The molecule has 0 saturated carbocycles. The van der Waals surface area contributed by atoms with Crippen LogP contribution in [0.5, 0.6) is 0 Å². The van der Waals surface area contributed by atoms with E-state index >= 15 is 0 Å². The monoisotopic (exact) mass is 361 g/mol. The van der Waals surface area contributed by atoms with Gasteiger partial charge in [-0.15, -0.1) is 0 Å². The molecule has 7 heteroatoms. The molecule has 0 bridgehead atoms. The van der Waals surface area contributed by atoms with E-state index in [1.54, 1.807) is 12.4 Å². The second-order valence-corrected chi connectivity index (χ2v) is 7.60. The number of hydrogen-bond donors (Lipinski definition) is 1. The van der Waals surface area contributed by atoms with Gasteiger partial charge in [0.25, 0.3) is 0 Å². The first-order valence-corrected chi connectivity index (χ1v) is 9.93. The van der Waals surface area contributed by atoms with Crippen LogP contribution in [0.3, 0.4) is 0 Å². The van der Waals surface area contributed by atoms with Crippen molar-refractivity contribution < 1.29 is 9.59 Å². The summed E-state index contributed by atoms with van der Waals surface area (Å²) in [6, 6.07) is 0. The van der Waals surface area contributed by atoms with Crippen molar-refractivity contribution in [3.05, 3.63) is 18.2 Å². The zero-order valence-corrected chi connectivity index (χ0v) is 15.6. The van der Waals surface area contributed by atoms with Crippen molar-refractivity contribution in [1.82, 2.24) is 19.4 Å². The summed E-state index contributed by atoms with van der Waals surface area (Å²) in [5.41, 5.74) is 5.33. The van der Waals surface area contributed by atoms with E-state index in [0.29, 0.717) is 13.1 Å². The molecule has 2 fully saturated rings. The SMILES string of the molecule is NC(=O)Cn1ccnc1[C@H]1CCCN(C(=O)CN2CCCCCCC2)C1. The Morgan fingerprint density at radius 3 is 2.50 bits per heavy atom. The van der Waals surface area contributed by atoms with Gasteiger partial charge in [0.1, 0.15) is 12.4 Å². The van der Waals surface area contributed by atoms with Crippen molar-refractivity contribution in [2.45, 2.75) is 57.4 Å². The molecule has 144 valence electrons. The number of likely N-dealkylation sites (tertiary alicyclic amines) is 2. The molecule has 3 rings (SSSR count). The van der Waals surface area contributed by atoms with Crippen LogP contribution in [0.15, 0.2) is 12.4 Å². The van der Waals surface area contributed by atoms with Gasteiger partial charge in [-0.1, -0.05) is 19.3 Å². The standard InChI is InChI=1S/C19H31N5O2/c20-17(25)14-24-12-8-21-19(24)16-7-6-11-23(13-16)18(26)15-22-9-4-2-1-3-5-10-22/h8,12,16H,1-7,9-11,13-15H2,(H2,20,25)/t16-/m0/s1. The highest BCUT2D eigenvalue weighted by Gasteiger charge is 2.28. The lowest BCUT2D eigenvalue weighted by Gasteiger charge is -2.34. The van der Waals surface area contributed by atoms with Crippen molar-refractivity contribution >= 4 is 11.8 Å². The summed E-state index contributed by atoms with van der Waals surface area (Å²) in [4.78, 5) is 32.8. The lowest BCUT2D eigenvalue weighted by Crippen LogP contribution is -2.45. The second-order valence-electron chi connectivity index (χ2n) is 7.60. The summed E-state index contributed by atoms with van der Waals surface area (Å²) in [6.07, 6.45) is 11.7. The number of nitrogens with two attached hydrogens (primary N) is 1. The van der Waals surface area contributed by atoms with E-state index in [2.05, 4.69) is 9.88 Å². The molecule has 0 aromatic carbocycles. The van der Waals surface area contributed by atoms with Gasteiger partial charge in [0.2, 0.25) is 11.8 Å². The van der Waals surface area contributed by atoms with Crippen LogP contribution in [0, 0.1) is 0 Å². The number of aromatic nitrogens is 2. The molecule has 2 aliphatic rings. The number of carbonyl (C=O) groups is 2. The number of imidazole rings is 1. The fourth-order valence-electron chi connectivity index (χ4n) is 4.16. The third-order valence-corrected chi connectivity index (χ3v) is 5.52. The van der Waals surface area contributed by atoms with Crippen LogP contribution in [0.1, 0.15) is 56.7 Å². The van der Waals surface area contributed by atoms with E-state index in [0.717, 1.165) is 38.3 Å². The van der Waals surface area contributed by atoms with Crippen LogP contribution < -0.4 is 5.73 Å². The molecule has 1 atom stereocenters. The first-order valence-electron chi connectivity index (χ1n) is 9.93. The van der Waals surface area contributed by atoms with E-state index in [4.69, 9.17) is 5.73 Å². The summed E-state index contributed by atoms with van der Waals surface area (Å²) in [6.45, 7) is 4.25. The van der Waals surface area contributed by atoms with Gasteiger partial charge in [-0.25, -0.2) is 4.98 Å². The largest absolute Gasteiger partial charge is 0.368 e. The van der Waals surface area contributed by atoms with Crippen molar-refractivity contribution in [2.24, 2.45) is 5.73 Å². The second kappa shape index (κ2) is 9.16. The Balaban J connectivity index is 1.58. The average molecular weight is 361 g/mol. The van der Waals surface area contributed by atoms with Crippen LogP contribution in [0.2, 0.25) is 0 Å². The minimum atomic E-state index is -0.370. The molecule has 1 aromatic heterocycles. The van der Waals surface area contributed by atoms with Crippen LogP contribution in [-0.4, -0.2) is 63.9 Å². The maximum atomic E-state index is 12.8. The number of rotatable bonds is 5. The zero-order valence-electron chi connectivity index (χ0n) is 15.6. The normalized spacial score (nSPS) is 22.6. The van der Waals surface area contributed by atoms with Crippen LogP contribution in [-0.2, 0) is 16.1 Å². The first kappa shape index (κ1) is 18.9. The smallest absolute Gasteiger partial charge is 0.237 e. The summed E-state index contributed by atoms with van der Waals surface area (Å²) < 4.78 is 1.82. The lowest BCUT2D eigenvalue weighted by molar-refractivity contribution is -0.133. The predicted molar refractivity (Wildman–Crippen MR) is 99.5 cm³/mol. The summed E-state index contributed by atoms with van der Waals surface area (Å²) in [5, 5.41) is 0. The van der Waals surface area contributed by atoms with Gasteiger partial charge in [0, 0.05) is 31.4 Å². The Bertz CT molecular complexity index is 607. The highest BCUT2D eigenvalue weighted by Crippen LogP contribution is 2.26. The minimum Gasteiger partial charge on any atom is -0.368 e. The van der Waals surface area contributed by atoms with Gasteiger partial charge in [-0.3, -0.25) is 14.5 Å². The topological polar surface area (TPSA) is 84.5 Å². The molecule has 7 nitrogen and oxygen atoms in total. The molecule has 1 aromatic rings. The molecule has 0 aliphatic carbocycles. The van der Waals surface area contributed by atoms with Gasteiger partial charge in [0.05, 0.1) is 6.54 Å². The Hall–Kier alpha value is -1.89. The van der Waals surface area contributed by atoms with Gasteiger partial charge in [-0.05, 0) is 38.8 Å². The van der Waals surface area contributed by atoms with Gasteiger partial charge in [-0.2, -0.15) is 0 Å². The highest BCUT2D eigenvalue weighted by molar-refractivity contribution is 5.78. The summed E-state index contributed by atoms with van der Waals surface area (Å²) in [7, 11) is 0. The lowest BCUT2D eigenvalue weighted by atomic mass is 9.97. The van der Waals surface area contributed by atoms with Crippen molar-refractivity contribution in [3.63, 3.8) is 0 Å². The van der Waals surface area contributed by atoms with Crippen LogP contribution >= 0.6 is 0 Å². The maximum Gasteiger partial charge on any atom is 0.237 e. The van der Waals surface area contributed by atoms with Crippen LogP contribution in [0.4, 0.5) is 0 Å². The molecular weight excluding hydrogens is 330 g/mol. The number of piperidine rings is 1. The predicted octanol–water partition coefficient (Wildman–Crippen LogP) is 1.34. The number of hydrogen-bond acceptors (Lipinski definition) is 4. The molecule has 26 heavy (non-hydrogen) atoms. The molecule has 2 aliphatic heterocycles. The van der Waals surface area contributed by atoms with E-state index in [9.17, 15) is 9.59 Å². The summed E-state index contributed by atoms with van der Waals surface area (Å²) in [5.74, 6) is 0.898. The van der Waals surface area contributed by atoms with Gasteiger partial charge in [0.15, 0.2) is 0 Å². The number of nitrogens with zero attached hydrogens (tertiary/aromatic N) is 4. The molecule has 2 amide bonds. The van der Waals surface area contributed by atoms with Crippen molar-refractivity contribution in [2.75, 3.05) is 32.7 Å². The molecule has 0 unspecified atom stereocenters. The quantitative estimate of drug-likeness (QED) is 0.858. The molecular formula is C19H31N5O2. The Morgan fingerprint density at radius 2 is 1.77 bits per heavy atom. The van der Waals surface area contributed by atoms with Crippen molar-refractivity contribution in [3.8, 4) is 0 Å². The highest BCUT2D eigenvalue weighted by atomic mass is 16.2. The van der Waals surface area contributed by atoms with Gasteiger partial charge < -0.3 is 15.2 Å². The Labute approximate surface area is 155 Å². The van der Waals surface area contributed by atoms with E-state index in [1.165, 1.54) is 32.1 Å². The average Bonchev–Trinajstić information content (AvgIpc) is 3.04. The molecule has 0 radical (unpaired) electrons. The number of primary amides is 1. The zero-order chi connectivity index (χ0) is 18.4. The summed E-state index contributed by atoms with van der Waals surface area (Å²) >= 11 is 0. The fraction of sp³-hybridized carbons (Fsp3) is 0.737. The number of amides is 2. The van der Waals surface area contributed by atoms with Gasteiger partial charge >= 0.3 is 0 Å². The minimum absolute atomic E-state index is 0.146. The molecule has 2 saturated heterocycles. The van der Waals surface area contributed by atoms with Crippen LogP contribution in [0.25, 0.3) is 0 Å². The molecule has 2 N–H and O–H groups in total. The fourth-order valence-corrected chi connectivity index (χ4v) is 4.16. The van der Waals surface area contributed by atoms with E-state index in [-0.39, 0.29) is 24.3 Å². The first-order chi connectivity index (χ1) is 12.6. The van der Waals surface area contributed by atoms with E-state index < -0.39 is 0 Å². The molecule has 3 heterocycles. The Kier molecular flexibility index (Phi) is 6.66. The van der Waals surface area contributed by atoms with Crippen molar-refractivity contribution in [1.29, 1.82) is 0 Å². The van der Waals surface area contributed by atoms with E-state index in [1.807, 2.05) is 9.47 Å². The maximum absolute atomic E-state index is 12.8. The molecule has 0 spiro atoms. The Morgan fingerprint density at radius 1 is 1.04 bits per heavy atom. The number of carbonyl (C=O) groups excluding carboxylic acids is 2. The third-order valence-electron chi connectivity index (χ3n) is 5.52.